The molecule has 0 aliphatic carbocycles. The first-order chi connectivity index (χ1) is 13.0. The third-order valence-corrected chi connectivity index (χ3v) is 5.89. The first-order valence-electron chi connectivity index (χ1n) is 8.95. The highest BCUT2D eigenvalue weighted by Crippen LogP contribution is 2.42. The molecule has 5 rings (SSSR count). The van der Waals surface area contributed by atoms with E-state index in [9.17, 15) is 9.59 Å². The monoisotopic (exact) mass is 379 g/mol. The summed E-state index contributed by atoms with van der Waals surface area (Å²) in [6.45, 7) is 0.106. The molecule has 1 N–H and O–H groups in total. The Morgan fingerprint density at radius 3 is 2.59 bits per heavy atom. The van der Waals surface area contributed by atoms with E-state index in [0.717, 1.165) is 27.7 Å². The molecule has 3 heterocycles. The van der Waals surface area contributed by atoms with Gasteiger partial charge in [-0.25, -0.2) is 0 Å². The number of amides is 2. The van der Waals surface area contributed by atoms with Gasteiger partial charge in [-0.05, 0) is 29.3 Å². The highest BCUT2D eigenvalue weighted by Gasteiger charge is 2.47. The number of aromatic nitrogens is 1. The number of nitrogens with one attached hydrogen (secondary N) is 1. The minimum absolute atomic E-state index is 0.00973. The van der Waals surface area contributed by atoms with E-state index in [0.29, 0.717) is 11.4 Å². The zero-order chi connectivity index (χ0) is 18.7. The van der Waals surface area contributed by atoms with Gasteiger partial charge in [-0.2, -0.15) is 0 Å². The standard InChI is InChI=1S/C21H18ClN3O2/c1-24-11-18(26)25-17(21(24)27)10-15-14-4-2-3-5-16(14)23-19(15)20(25)12-6-8-13(22)9-7-12/h2-9,17,20,23H,10-11H2,1H3/t17-,20-/m0/s1. The molecule has 1 saturated heterocycles. The van der Waals surface area contributed by atoms with Gasteiger partial charge in [0.15, 0.2) is 0 Å². The smallest absolute Gasteiger partial charge is 0.245 e. The molecule has 2 aliphatic rings. The predicted octanol–water partition coefficient (Wildman–Crippen LogP) is 3.14. The number of fused-ring (bicyclic) bond motifs is 4. The van der Waals surface area contributed by atoms with E-state index < -0.39 is 6.04 Å². The van der Waals surface area contributed by atoms with Gasteiger partial charge in [-0.15, -0.1) is 0 Å². The molecule has 1 fully saturated rings. The van der Waals surface area contributed by atoms with Crippen molar-refractivity contribution in [3.8, 4) is 0 Å². The van der Waals surface area contributed by atoms with E-state index in [1.165, 1.54) is 4.90 Å². The largest absolute Gasteiger partial charge is 0.356 e. The Morgan fingerprint density at radius 2 is 1.81 bits per heavy atom. The minimum atomic E-state index is -0.483. The third kappa shape index (κ3) is 2.38. The SMILES string of the molecule is CN1CC(=O)N2[C@@H](c3ccc(Cl)cc3)c3[nH]c4ccccc4c3C[C@H]2C1=O. The maximum absolute atomic E-state index is 13.0. The normalized spacial score (nSPS) is 22.1. The van der Waals surface area contributed by atoms with Crippen LogP contribution in [-0.2, 0) is 16.0 Å². The fourth-order valence-electron chi connectivity index (χ4n) is 4.40. The van der Waals surface area contributed by atoms with Crippen molar-refractivity contribution in [2.75, 3.05) is 13.6 Å². The van der Waals surface area contributed by atoms with Crippen LogP contribution in [0.25, 0.3) is 10.9 Å². The first kappa shape index (κ1) is 16.4. The number of hydrogen-bond donors (Lipinski definition) is 1. The molecule has 6 heteroatoms. The summed E-state index contributed by atoms with van der Waals surface area (Å²) in [4.78, 5) is 32.6. The zero-order valence-corrected chi connectivity index (χ0v) is 15.5. The average Bonchev–Trinajstić information content (AvgIpc) is 3.04. The van der Waals surface area contributed by atoms with Crippen LogP contribution in [-0.4, -0.2) is 46.2 Å². The van der Waals surface area contributed by atoms with Gasteiger partial charge in [0.2, 0.25) is 11.8 Å². The van der Waals surface area contributed by atoms with Crippen LogP contribution in [0.1, 0.15) is 22.9 Å². The highest BCUT2D eigenvalue weighted by atomic mass is 35.5. The lowest BCUT2D eigenvalue weighted by molar-refractivity contribution is -0.157. The van der Waals surface area contributed by atoms with Crippen LogP contribution in [0.2, 0.25) is 5.02 Å². The van der Waals surface area contributed by atoms with Gasteiger partial charge >= 0.3 is 0 Å². The van der Waals surface area contributed by atoms with E-state index >= 15 is 0 Å². The van der Waals surface area contributed by atoms with Crippen LogP contribution in [0.5, 0.6) is 0 Å². The van der Waals surface area contributed by atoms with Crippen LogP contribution in [0.4, 0.5) is 0 Å². The molecular formula is C21H18ClN3O2. The summed E-state index contributed by atoms with van der Waals surface area (Å²) >= 11 is 6.07. The Labute approximate surface area is 161 Å². The van der Waals surface area contributed by atoms with E-state index in [4.69, 9.17) is 11.6 Å². The molecule has 3 aromatic rings. The topological polar surface area (TPSA) is 56.4 Å². The maximum atomic E-state index is 13.0. The van der Waals surface area contributed by atoms with E-state index in [-0.39, 0.29) is 24.4 Å². The molecule has 0 radical (unpaired) electrons. The summed E-state index contributed by atoms with van der Waals surface area (Å²) in [5.41, 5.74) is 4.07. The maximum Gasteiger partial charge on any atom is 0.245 e. The van der Waals surface area contributed by atoms with Gasteiger partial charge in [-0.3, -0.25) is 9.59 Å². The van der Waals surface area contributed by atoms with Crippen molar-refractivity contribution < 1.29 is 9.59 Å². The van der Waals surface area contributed by atoms with Crippen molar-refractivity contribution in [3.05, 3.63) is 70.4 Å². The second kappa shape index (κ2) is 5.86. The lowest BCUT2D eigenvalue weighted by Crippen LogP contribution is -2.62. The van der Waals surface area contributed by atoms with Crippen LogP contribution in [0.3, 0.4) is 0 Å². The van der Waals surface area contributed by atoms with Crippen LogP contribution >= 0.6 is 11.6 Å². The number of aromatic amines is 1. The first-order valence-corrected chi connectivity index (χ1v) is 9.33. The number of carbonyl (C=O) groups excluding carboxylic acids is 2. The molecule has 0 saturated carbocycles. The lowest BCUT2D eigenvalue weighted by Gasteiger charge is -2.46. The Balaban J connectivity index is 1.76. The summed E-state index contributed by atoms with van der Waals surface area (Å²) in [6.07, 6.45) is 0.526. The predicted molar refractivity (Wildman–Crippen MR) is 104 cm³/mol. The number of piperazine rings is 1. The van der Waals surface area contributed by atoms with Gasteiger partial charge in [0.05, 0.1) is 12.6 Å². The third-order valence-electron chi connectivity index (χ3n) is 5.64. The summed E-state index contributed by atoms with van der Waals surface area (Å²) in [5.74, 6) is -0.0455. The lowest BCUT2D eigenvalue weighted by atomic mass is 9.86. The number of nitrogens with zero attached hydrogens (tertiary/aromatic N) is 2. The number of rotatable bonds is 1. The van der Waals surface area contributed by atoms with Crippen molar-refractivity contribution in [3.63, 3.8) is 0 Å². The summed E-state index contributed by atoms with van der Waals surface area (Å²) in [6, 6.07) is 14.8. The molecule has 5 nitrogen and oxygen atoms in total. The molecule has 0 bridgehead atoms. The Kier molecular flexibility index (Phi) is 3.56. The molecule has 27 heavy (non-hydrogen) atoms. The van der Waals surface area contributed by atoms with Crippen molar-refractivity contribution >= 4 is 34.3 Å². The molecule has 136 valence electrons. The number of halogens is 1. The van der Waals surface area contributed by atoms with Crippen molar-refractivity contribution in [1.82, 2.24) is 14.8 Å². The Bertz CT molecular complexity index is 1070. The fourth-order valence-corrected chi connectivity index (χ4v) is 4.52. The number of para-hydroxylation sites is 1. The van der Waals surface area contributed by atoms with Crippen molar-refractivity contribution in [2.24, 2.45) is 0 Å². The molecule has 0 spiro atoms. The van der Waals surface area contributed by atoms with Gasteiger partial charge in [-0.1, -0.05) is 41.9 Å². The summed E-state index contributed by atoms with van der Waals surface area (Å²) < 4.78 is 0. The zero-order valence-electron chi connectivity index (χ0n) is 14.8. The number of H-pyrrole nitrogens is 1. The van der Waals surface area contributed by atoms with Crippen molar-refractivity contribution in [2.45, 2.75) is 18.5 Å². The quantitative estimate of drug-likeness (QED) is 0.706. The van der Waals surface area contributed by atoms with Gasteiger partial charge < -0.3 is 14.8 Å². The Morgan fingerprint density at radius 1 is 1.07 bits per heavy atom. The Hall–Kier alpha value is -2.79. The molecular weight excluding hydrogens is 362 g/mol. The van der Waals surface area contributed by atoms with E-state index in [1.807, 2.05) is 42.5 Å². The van der Waals surface area contributed by atoms with Crippen LogP contribution < -0.4 is 0 Å². The fraction of sp³-hybridized carbons (Fsp3) is 0.238. The molecule has 0 unspecified atom stereocenters. The minimum Gasteiger partial charge on any atom is -0.356 e. The number of likely N-dealkylation sites (N-methyl/N-ethyl adjacent to an activating group) is 1. The summed E-state index contributed by atoms with van der Waals surface area (Å²) in [5, 5.41) is 1.75. The number of carbonyl (C=O) groups is 2. The van der Waals surface area contributed by atoms with Gasteiger partial charge in [0.25, 0.3) is 0 Å². The van der Waals surface area contributed by atoms with E-state index in [1.54, 1.807) is 11.9 Å². The molecule has 1 aromatic heterocycles. The highest BCUT2D eigenvalue weighted by molar-refractivity contribution is 6.30. The molecule has 2 aromatic carbocycles. The van der Waals surface area contributed by atoms with Crippen molar-refractivity contribution in [1.29, 1.82) is 0 Å². The summed E-state index contributed by atoms with van der Waals surface area (Å²) in [7, 11) is 1.69. The van der Waals surface area contributed by atoms with Crippen LogP contribution in [0, 0.1) is 0 Å². The molecule has 2 atom stereocenters. The van der Waals surface area contributed by atoms with E-state index in [2.05, 4.69) is 11.1 Å². The molecule has 2 amide bonds. The van der Waals surface area contributed by atoms with Gasteiger partial charge in [0.1, 0.15) is 6.04 Å². The second-order valence-corrected chi connectivity index (χ2v) is 7.67. The number of hydrogen-bond acceptors (Lipinski definition) is 2. The number of benzene rings is 2. The molecule has 2 aliphatic heterocycles. The van der Waals surface area contributed by atoms with Crippen LogP contribution in [0.15, 0.2) is 48.5 Å². The average molecular weight is 380 g/mol. The van der Waals surface area contributed by atoms with Gasteiger partial charge in [0, 0.05) is 35.1 Å². The second-order valence-electron chi connectivity index (χ2n) is 7.23.